The zero-order valence-electron chi connectivity index (χ0n) is 14.1. The molecule has 0 saturated heterocycles. The van der Waals surface area contributed by atoms with Gasteiger partial charge in [0.25, 0.3) is 5.91 Å². The van der Waals surface area contributed by atoms with Crippen molar-refractivity contribution in [3.05, 3.63) is 52.8 Å². The van der Waals surface area contributed by atoms with Crippen LogP contribution in [0.3, 0.4) is 0 Å². The third kappa shape index (κ3) is 3.76. The van der Waals surface area contributed by atoms with Gasteiger partial charge >= 0.3 is 0 Å². The Bertz CT molecular complexity index is 746. The molecule has 0 saturated carbocycles. The number of nitrogens with one attached hydrogen (secondary N) is 1. The van der Waals surface area contributed by atoms with Crippen molar-refractivity contribution >= 4 is 5.91 Å². The van der Waals surface area contributed by atoms with E-state index in [-0.39, 0.29) is 18.0 Å². The summed E-state index contributed by atoms with van der Waals surface area (Å²) in [5.41, 5.74) is 1.47. The minimum absolute atomic E-state index is 0.206. The van der Waals surface area contributed by atoms with Gasteiger partial charge < -0.3 is 19.5 Å². The third-order valence-electron chi connectivity index (χ3n) is 3.66. The Morgan fingerprint density at radius 2 is 1.62 bits per heavy atom. The van der Waals surface area contributed by atoms with Crippen LogP contribution in [0.5, 0.6) is 17.2 Å². The number of ether oxygens (including phenoxy) is 3. The fraction of sp³-hybridized carbons (Fsp3) is 0.278. The lowest BCUT2D eigenvalue weighted by Crippen LogP contribution is -2.23. The van der Waals surface area contributed by atoms with Gasteiger partial charge in [-0.2, -0.15) is 0 Å². The molecule has 128 valence electrons. The first kappa shape index (κ1) is 17.6. The Kier molecular flexibility index (Phi) is 5.63. The highest BCUT2D eigenvalue weighted by Crippen LogP contribution is 2.34. The Morgan fingerprint density at radius 1 is 1.00 bits per heavy atom. The Morgan fingerprint density at radius 3 is 2.21 bits per heavy atom. The van der Waals surface area contributed by atoms with E-state index in [1.54, 1.807) is 31.2 Å². The van der Waals surface area contributed by atoms with Gasteiger partial charge in [-0.25, -0.2) is 4.39 Å². The second-order valence-corrected chi connectivity index (χ2v) is 5.17. The van der Waals surface area contributed by atoms with E-state index in [1.807, 2.05) is 0 Å². The van der Waals surface area contributed by atoms with Gasteiger partial charge in [0.1, 0.15) is 11.6 Å². The summed E-state index contributed by atoms with van der Waals surface area (Å²) in [6.07, 6.45) is 0. The maximum atomic E-state index is 13.6. The van der Waals surface area contributed by atoms with E-state index in [0.29, 0.717) is 22.8 Å². The van der Waals surface area contributed by atoms with Crippen LogP contribution < -0.4 is 19.5 Å². The molecule has 0 aliphatic rings. The molecule has 0 aliphatic heterocycles. The average molecular weight is 333 g/mol. The number of amides is 1. The van der Waals surface area contributed by atoms with Gasteiger partial charge in [0.15, 0.2) is 11.5 Å². The molecule has 0 atom stereocenters. The molecule has 0 spiro atoms. The van der Waals surface area contributed by atoms with Crippen LogP contribution in [0.1, 0.15) is 21.5 Å². The Hall–Kier alpha value is -2.76. The summed E-state index contributed by atoms with van der Waals surface area (Å²) in [6.45, 7) is 1.85. The summed E-state index contributed by atoms with van der Waals surface area (Å²) in [4.78, 5) is 12.2. The highest BCUT2D eigenvalue weighted by Gasteiger charge is 2.14. The predicted octanol–water partition coefficient (Wildman–Crippen LogP) is 3.09. The number of benzene rings is 2. The summed E-state index contributed by atoms with van der Waals surface area (Å²) in [7, 11) is 4.59. The number of hydrogen-bond donors (Lipinski definition) is 1. The molecule has 24 heavy (non-hydrogen) atoms. The number of methoxy groups -OCH3 is 3. The summed E-state index contributed by atoms with van der Waals surface area (Å²) in [5, 5.41) is 2.74. The number of carbonyl (C=O) groups is 1. The molecule has 0 bridgehead atoms. The third-order valence-corrected chi connectivity index (χ3v) is 3.66. The van der Waals surface area contributed by atoms with Crippen molar-refractivity contribution in [1.82, 2.24) is 5.32 Å². The van der Waals surface area contributed by atoms with E-state index >= 15 is 0 Å². The first-order chi connectivity index (χ1) is 11.5. The molecule has 0 aliphatic carbocycles. The summed E-state index contributed by atoms with van der Waals surface area (Å²) in [5.74, 6) is 0.842. The predicted molar refractivity (Wildman–Crippen MR) is 88.4 cm³/mol. The molecule has 0 aromatic heterocycles. The highest BCUT2D eigenvalue weighted by molar-refractivity contribution is 5.94. The van der Waals surface area contributed by atoms with Crippen LogP contribution in [0.25, 0.3) is 0 Å². The molecule has 0 unspecified atom stereocenters. The second-order valence-electron chi connectivity index (χ2n) is 5.17. The monoisotopic (exact) mass is 333 g/mol. The first-order valence-electron chi connectivity index (χ1n) is 7.33. The fourth-order valence-electron chi connectivity index (χ4n) is 2.24. The van der Waals surface area contributed by atoms with Crippen LogP contribution in [-0.2, 0) is 6.54 Å². The zero-order chi connectivity index (χ0) is 17.7. The Balaban J connectivity index is 2.18. The maximum Gasteiger partial charge on any atom is 0.251 e. The number of rotatable bonds is 6. The van der Waals surface area contributed by atoms with E-state index in [9.17, 15) is 9.18 Å². The highest BCUT2D eigenvalue weighted by atomic mass is 19.1. The van der Waals surface area contributed by atoms with Crippen LogP contribution in [0.4, 0.5) is 4.39 Å². The molecule has 5 nitrogen and oxygen atoms in total. The van der Waals surface area contributed by atoms with Gasteiger partial charge in [0, 0.05) is 23.7 Å². The Labute approximate surface area is 140 Å². The quantitative estimate of drug-likeness (QED) is 0.883. The SMILES string of the molecule is COc1cc(OC)c(OC)cc1CNC(=O)c1ccc(C)c(F)c1. The van der Waals surface area contributed by atoms with Gasteiger partial charge in [0.2, 0.25) is 0 Å². The molecular formula is C18H20FNO4. The van der Waals surface area contributed by atoms with E-state index in [4.69, 9.17) is 14.2 Å². The van der Waals surface area contributed by atoms with Crippen molar-refractivity contribution in [3.63, 3.8) is 0 Å². The summed E-state index contributed by atoms with van der Waals surface area (Å²) >= 11 is 0. The molecule has 2 aromatic carbocycles. The summed E-state index contributed by atoms with van der Waals surface area (Å²) < 4.78 is 29.4. The van der Waals surface area contributed by atoms with Crippen LogP contribution in [-0.4, -0.2) is 27.2 Å². The molecular weight excluding hydrogens is 313 g/mol. The van der Waals surface area contributed by atoms with Crippen molar-refractivity contribution in [1.29, 1.82) is 0 Å². The lowest BCUT2D eigenvalue weighted by atomic mass is 10.1. The van der Waals surface area contributed by atoms with Crippen molar-refractivity contribution < 1.29 is 23.4 Å². The molecule has 2 rings (SSSR count). The zero-order valence-corrected chi connectivity index (χ0v) is 14.1. The average Bonchev–Trinajstić information content (AvgIpc) is 2.60. The first-order valence-corrected chi connectivity index (χ1v) is 7.33. The van der Waals surface area contributed by atoms with Gasteiger partial charge in [-0.05, 0) is 30.7 Å². The van der Waals surface area contributed by atoms with E-state index in [2.05, 4.69) is 5.32 Å². The normalized spacial score (nSPS) is 10.2. The largest absolute Gasteiger partial charge is 0.496 e. The number of halogens is 1. The molecule has 1 amide bonds. The van der Waals surface area contributed by atoms with Crippen LogP contribution >= 0.6 is 0 Å². The molecule has 1 N–H and O–H groups in total. The van der Waals surface area contributed by atoms with Crippen molar-refractivity contribution in [2.24, 2.45) is 0 Å². The van der Waals surface area contributed by atoms with Crippen molar-refractivity contribution in [2.45, 2.75) is 13.5 Å². The lowest BCUT2D eigenvalue weighted by molar-refractivity contribution is 0.0950. The van der Waals surface area contributed by atoms with Crippen LogP contribution in [0, 0.1) is 12.7 Å². The van der Waals surface area contributed by atoms with E-state index in [1.165, 1.54) is 27.4 Å². The minimum atomic E-state index is -0.411. The molecule has 0 fully saturated rings. The molecule has 6 heteroatoms. The van der Waals surface area contributed by atoms with Crippen LogP contribution in [0.15, 0.2) is 30.3 Å². The number of carbonyl (C=O) groups excluding carboxylic acids is 1. The van der Waals surface area contributed by atoms with E-state index in [0.717, 1.165) is 5.56 Å². The van der Waals surface area contributed by atoms with Crippen molar-refractivity contribution in [2.75, 3.05) is 21.3 Å². The van der Waals surface area contributed by atoms with Crippen LogP contribution in [0.2, 0.25) is 0 Å². The fourth-order valence-corrected chi connectivity index (χ4v) is 2.24. The van der Waals surface area contributed by atoms with Gasteiger partial charge in [-0.1, -0.05) is 6.07 Å². The van der Waals surface area contributed by atoms with Gasteiger partial charge in [-0.3, -0.25) is 4.79 Å². The summed E-state index contributed by atoms with van der Waals surface area (Å²) in [6, 6.07) is 7.79. The van der Waals surface area contributed by atoms with Gasteiger partial charge in [-0.15, -0.1) is 0 Å². The standard InChI is InChI=1S/C18H20FNO4/c1-11-5-6-12(7-14(11)19)18(21)20-10-13-8-16(23-3)17(24-4)9-15(13)22-2/h5-9H,10H2,1-4H3,(H,20,21). The van der Waals surface area contributed by atoms with Gasteiger partial charge in [0.05, 0.1) is 21.3 Å². The minimum Gasteiger partial charge on any atom is -0.496 e. The van der Waals surface area contributed by atoms with E-state index < -0.39 is 5.82 Å². The molecule has 0 heterocycles. The lowest BCUT2D eigenvalue weighted by Gasteiger charge is -2.14. The number of hydrogen-bond acceptors (Lipinski definition) is 4. The molecule has 0 radical (unpaired) electrons. The maximum absolute atomic E-state index is 13.6. The molecule has 2 aromatic rings. The topological polar surface area (TPSA) is 56.8 Å². The smallest absolute Gasteiger partial charge is 0.251 e. The van der Waals surface area contributed by atoms with Crippen molar-refractivity contribution in [3.8, 4) is 17.2 Å². The second kappa shape index (κ2) is 7.68. The number of aryl methyl sites for hydroxylation is 1.